The van der Waals surface area contributed by atoms with E-state index in [1.165, 1.54) is 32.1 Å². The molecule has 1 atom stereocenters. The predicted molar refractivity (Wildman–Crippen MR) is 84.7 cm³/mol. The fourth-order valence-corrected chi connectivity index (χ4v) is 2.85. The van der Waals surface area contributed by atoms with Crippen molar-refractivity contribution in [2.75, 3.05) is 21.3 Å². The number of nitrogens with zero attached hydrogens (tertiary/aromatic N) is 1. The molecule has 0 aliphatic heterocycles. The number of hydrogen-bond acceptors (Lipinski definition) is 4. The van der Waals surface area contributed by atoms with Gasteiger partial charge in [-0.15, -0.1) is 0 Å². The van der Waals surface area contributed by atoms with E-state index >= 15 is 0 Å². The first kappa shape index (κ1) is 20.4. The highest BCUT2D eigenvalue weighted by Crippen LogP contribution is 2.32. The maximum absolute atomic E-state index is 8.71. The van der Waals surface area contributed by atoms with Gasteiger partial charge in [0, 0.05) is 33.7 Å². The van der Waals surface area contributed by atoms with Crippen LogP contribution in [-0.4, -0.2) is 27.3 Å². The summed E-state index contributed by atoms with van der Waals surface area (Å²) in [7, 11) is 4.85. The van der Waals surface area contributed by atoms with Gasteiger partial charge in [0.25, 0.3) is 5.97 Å². The van der Waals surface area contributed by atoms with Crippen molar-refractivity contribution >= 4 is 0 Å². The number of unbranched alkanes of at least 4 members (excludes halogenated alkanes) is 6. The largest absolute Gasteiger partial charge is 0.331 e. The van der Waals surface area contributed by atoms with Crippen molar-refractivity contribution in [2.45, 2.75) is 77.1 Å². The van der Waals surface area contributed by atoms with Gasteiger partial charge >= 0.3 is 0 Å². The Kier molecular flexibility index (Phi) is 12.7. The van der Waals surface area contributed by atoms with Crippen molar-refractivity contribution in [2.24, 2.45) is 5.92 Å². The third-order valence-electron chi connectivity index (χ3n) is 4.10. The molecule has 0 heterocycles. The first-order valence-corrected chi connectivity index (χ1v) is 8.23. The Morgan fingerprint density at radius 1 is 0.857 bits per heavy atom. The van der Waals surface area contributed by atoms with Crippen molar-refractivity contribution in [3.8, 4) is 6.07 Å². The molecule has 0 aromatic carbocycles. The van der Waals surface area contributed by atoms with E-state index in [2.05, 4.69) is 13.0 Å². The quantitative estimate of drug-likeness (QED) is 0.346. The van der Waals surface area contributed by atoms with E-state index < -0.39 is 5.97 Å². The monoisotopic (exact) mass is 299 g/mol. The third-order valence-corrected chi connectivity index (χ3v) is 4.10. The number of rotatable bonds is 14. The van der Waals surface area contributed by atoms with Gasteiger partial charge in [-0.05, 0) is 19.3 Å². The molecule has 21 heavy (non-hydrogen) atoms. The Labute approximate surface area is 130 Å². The molecule has 0 amide bonds. The van der Waals surface area contributed by atoms with Gasteiger partial charge < -0.3 is 14.2 Å². The second kappa shape index (κ2) is 13.1. The predicted octanol–water partition coefficient (Wildman–Crippen LogP) is 4.64. The van der Waals surface area contributed by atoms with Gasteiger partial charge in [-0.3, -0.25) is 0 Å². The van der Waals surface area contributed by atoms with Crippen molar-refractivity contribution in [3.05, 3.63) is 0 Å². The van der Waals surface area contributed by atoms with Crippen molar-refractivity contribution in [1.29, 1.82) is 5.26 Å². The Hall–Kier alpha value is -0.630. The lowest BCUT2D eigenvalue weighted by Crippen LogP contribution is -2.44. The molecule has 0 saturated heterocycles. The van der Waals surface area contributed by atoms with Gasteiger partial charge in [-0.25, -0.2) is 0 Å². The van der Waals surface area contributed by atoms with Gasteiger partial charge in [0.2, 0.25) is 0 Å². The Morgan fingerprint density at radius 2 is 1.38 bits per heavy atom. The first-order chi connectivity index (χ1) is 10.2. The molecule has 0 aromatic heterocycles. The smallest absolute Gasteiger partial charge is 0.285 e. The lowest BCUT2D eigenvalue weighted by Gasteiger charge is -2.36. The summed E-state index contributed by atoms with van der Waals surface area (Å²) in [6.45, 7) is 2.23. The zero-order valence-corrected chi connectivity index (χ0v) is 14.3. The van der Waals surface area contributed by atoms with Gasteiger partial charge in [-0.2, -0.15) is 5.26 Å². The topological polar surface area (TPSA) is 51.5 Å². The molecule has 4 heteroatoms. The number of hydrogen-bond donors (Lipinski definition) is 0. The van der Waals surface area contributed by atoms with Crippen LogP contribution in [-0.2, 0) is 14.2 Å². The van der Waals surface area contributed by atoms with Crippen LogP contribution in [0.5, 0.6) is 0 Å². The van der Waals surface area contributed by atoms with E-state index in [0.717, 1.165) is 25.7 Å². The fraction of sp³-hybridized carbons (Fsp3) is 0.941. The Bertz CT molecular complexity index is 263. The van der Waals surface area contributed by atoms with Crippen molar-refractivity contribution in [3.63, 3.8) is 0 Å². The summed E-state index contributed by atoms with van der Waals surface area (Å²) in [4.78, 5) is 0. The molecule has 1 unspecified atom stereocenters. The van der Waals surface area contributed by atoms with Crippen LogP contribution in [0.4, 0.5) is 0 Å². The molecule has 0 aliphatic carbocycles. The number of nitriles is 1. The minimum absolute atomic E-state index is 0.164. The maximum atomic E-state index is 8.71. The van der Waals surface area contributed by atoms with E-state index in [1.54, 1.807) is 21.3 Å². The van der Waals surface area contributed by atoms with Crippen LogP contribution in [0.2, 0.25) is 0 Å². The Morgan fingerprint density at radius 3 is 1.90 bits per heavy atom. The molecule has 0 rings (SSSR count). The molecule has 4 nitrogen and oxygen atoms in total. The maximum Gasteiger partial charge on any atom is 0.285 e. The summed E-state index contributed by atoms with van der Waals surface area (Å²) < 4.78 is 16.5. The molecule has 0 bridgehead atoms. The lowest BCUT2D eigenvalue weighted by atomic mass is 9.92. The molecule has 0 radical (unpaired) electrons. The van der Waals surface area contributed by atoms with Gasteiger partial charge in [0.05, 0.1) is 6.07 Å². The van der Waals surface area contributed by atoms with Crippen LogP contribution in [0, 0.1) is 17.2 Å². The lowest BCUT2D eigenvalue weighted by molar-refractivity contribution is -0.380. The van der Waals surface area contributed by atoms with Crippen LogP contribution >= 0.6 is 0 Å². The normalized spacial score (nSPS) is 13.1. The third kappa shape index (κ3) is 7.80. The highest BCUT2D eigenvalue weighted by Gasteiger charge is 2.39. The second-order valence-electron chi connectivity index (χ2n) is 5.52. The number of methoxy groups -OCH3 is 3. The van der Waals surface area contributed by atoms with Crippen molar-refractivity contribution in [1.82, 2.24) is 0 Å². The van der Waals surface area contributed by atoms with Crippen molar-refractivity contribution < 1.29 is 14.2 Å². The van der Waals surface area contributed by atoms with Crippen LogP contribution in [0.1, 0.15) is 71.1 Å². The highest BCUT2D eigenvalue weighted by molar-refractivity contribution is 4.75. The zero-order valence-electron chi connectivity index (χ0n) is 14.3. The average molecular weight is 299 g/mol. The zero-order chi connectivity index (χ0) is 16.0. The SMILES string of the molecule is CCCCCCCCC(CCCC#N)C(OC)(OC)OC. The summed E-state index contributed by atoms with van der Waals surface area (Å²) in [6, 6.07) is 2.20. The Balaban J connectivity index is 4.34. The van der Waals surface area contributed by atoms with E-state index in [0.29, 0.717) is 6.42 Å². The molecular formula is C17H33NO3. The molecule has 0 N–H and O–H groups in total. The molecule has 0 aliphatic rings. The summed E-state index contributed by atoms with van der Waals surface area (Å²) in [5.41, 5.74) is 0. The second-order valence-corrected chi connectivity index (χ2v) is 5.52. The van der Waals surface area contributed by atoms with E-state index in [-0.39, 0.29) is 5.92 Å². The van der Waals surface area contributed by atoms with E-state index in [4.69, 9.17) is 19.5 Å². The van der Waals surface area contributed by atoms with Crippen LogP contribution < -0.4 is 0 Å². The van der Waals surface area contributed by atoms with Gasteiger partial charge in [-0.1, -0.05) is 45.4 Å². The van der Waals surface area contributed by atoms with Crippen LogP contribution in [0.3, 0.4) is 0 Å². The molecule has 0 saturated carbocycles. The minimum atomic E-state index is -0.973. The molecule has 0 aromatic rings. The van der Waals surface area contributed by atoms with E-state index in [1.807, 2.05) is 0 Å². The molecule has 0 fully saturated rings. The summed E-state index contributed by atoms with van der Waals surface area (Å²) >= 11 is 0. The standard InChI is InChI=1S/C17H33NO3/c1-5-6-7-8-9-10-13-16(14-11-12-15-18)17(19-2,20-3)21-4/h16H,5-14H2,1-4H3. The van der Waals surface area contributed by atoms with E-state index in [9.17, 15) is 0 Å². The number of ether oxygens (including phenoxy) is 3. The van der Waals surface area contributed by atoms with Crippen LogP contribution in [0.15, 0.2) is 0 Å². The van der Waals surface area contributed by atoms with Crippen LogP contribution in [0.25, 0.3) is 0 Å². The molecular weight excluding hydrogens is 266 g/mol. The first-order valence-electron chi connectivity index (χ1n) is 8.23. The molecule has 0 spiro atoms. The summed E-state index contributed by atoms with van der Waals surface area (Å²) in [5.74, 6) is -0.809. The minimum Gasteiger partial charge on any atom is -0.331 e. The average Bonchev–Trinajstić information content (AvgIpc) is 2.52. The van der Waals surface area contributed by atoms with Gasteiger partial charge in [0.15, 0.2) is 0 Å². The summed E-state index contributed by atoms with van der Waals surface area (Å²) in [5, 5.41) is 8.71. The van der Waals surface area contributed by atoms with Gasteiger partial charge in [0.1, 0.15) is 0 Å². The fourth-order valence-electron chi connectivity index (χ4n) is 2.85. The summed E-state index contributed by atoms with van der Waals surface area (Å²) in [6.07, 6.45) is 10.9. The molecule has 124 valence electrons. The highest BCUT2D eigenvalue weighted by atomic mass is 16.9.